The van der Waals surface area contributed by atoms with Crippen LogP contribution in [0, 0.1) is 17.3 Å². The molecular formula is C26H33N3O2. The second-order valence-corrected chi connectivity index (χ2v) is 9.71. The van der Waals surface area contributed by atoms with Crippen LogP contribution in [0.5, 0.6) is 0 Å². The second kappa shape index (κ2) is 8.81. The van der Waals surface area contributed by atoms with E-state index >= 15 is 0 Å². The van der Waals surface area contributed by atoms with Gasteiger partial charge in [-0.2, -0.15) is 0 Å². The van der Waals surface area contributed by atoms with Gasteiger partial charge >= 0.3 is 0 Å². The monoisotopic (exact) mass is 419 g/mol. The van der Waals surface area contributed by atoms with Gasteiger partial charge in [0.2, 0.25) is 11.8 Å². The number of rotatable bonds is 6. The SMILES string of the molecule is CC(C)NC(=O)C1(Cc2cccc(-c3cccnc3)c2)CCCN(C(=O)C2CC2C)C1. The zero-order chi connectivity index (χ0) is 22.0. The summed E-state index contributed by atoms with van der Waals surface area (Å²) < 4.78 is 0. The third-order valence-corrected chi connectivity index (χ3v) is 6.68. The average molecular weight is 420 g/mol. The number of aromatic nitrogens is 1. The summed E-state index contributed by atoms with van der Waals surface area (Å²) in [5.41, 5.74) is 2.69. The van der Waals surface area contributed by atoms with E-state index in [0.29, 0.717) is 18.9 Å². The molecule has 1 N–H and O–H groups in total. The Hall–Kier alpha value is -2.69. The Morgan fingerprint density at radius 2 is 2.00 bits per heavy atom. The second-order valence-electron chi connectivity index (χ2n) is 9.71. The number of carbonyl (C=O) groups is 2. The van der Waals surface area contributed by atoms with Crippen molar-refractivity contribution in [3.8, 4) is 11.1 Å². The van der Waals surface area contributed by atoms with E-state index in [0.717, 1.165) is 42.5 Å². The highest BCUT2D eigenvalue weighted by Crippen LogP contribution is 2.42. The van der Waals surface area contributed by atoms with Crippen LogP contribution in [0.1, 0.15) is 45.6 Å². The van der Waals surface area contributed by atoms with Crippen LogP contribution < -0.4 is 5.32 Å². The maximum atomic E-state index is 13.4. The molecule has 0 bridgehead atoms. The Morgan fingerprint density at radius 1 is 1.23 bits per heavy atom. The van der Waals surface area contributed by atoms with Crippen molar-refractivity contribution in [1.82, 2.24) is 15.2 Å². The van der Waals surface area contributed by atoms with Gasteiger partial charge in [0, 0.05) is 37.4 Å². The predicted octanol–water partition coefficient (Wildman–Crippen LogP) is 4.08. The van der Waals surface area contributed by atoms with E-state index < -0.39 is 5.41 Å². The zero-order valence-corrected chi connectivity index (χ0v) is 18.8. The number of likely N-dealkylation sites (tertiary alicyclic amines) is 1. The lowest BCUT2D eigenvalue weighted by Gasteiger charge is -2.42. The van der Waals surface area contributed by atoms with Crippen molar-refractivity contribution < 1.29 is 9.59 Å². The molecule has 1 aliphatic heterocycles. The normalized spacial score (nSPS) is 25.4. The van der Waals surface area contributed by atoms with Gasteiger partial charge in [0.05, 0.1) is 5.41 Å². The van der Waals surface area contributed by atoms with Gasteiger partial charge in [-0.15, -0.1) is 0 Å². The molecule has 3 atom stereocenters. The molecule has 3 unspecified atom stereocenters. The van der Waals surface area contributed by atoms with E-state index in [1.165, 1.54) is 0 Å². The molecule has 2 heterocycles. The van der Waals surface area contributed by atoms with Gasteiger partial charge in [-0.1, -0.05) is 37.3 Å². The van der Waals surface area contributed by atoms with E-state index in [-0.39, 0.29) is 23.8 Å². The fourth-order valence-electron chi connectivity index (χ4n) is 4.83. The van der Waals surface area contributed by atoms with Gasteiger partial charge in [0.15, 0.2) is 0 Å². The number of nitrogens with zero attached hydrogens (tertiary/aromatic N) is 2. The number of hydrogen-bond donors (Lipinski definition) is 1. The summed E-state index contributed by atoms with van der Waals surface area (Å²) in [6.07, 6.45) is 6.90. The van der Waals surface area contributed by atoms with Gasteiger partial charge in [-0.25, -0.2) is 0 Å². The van der Waals surface area contributed by atoms with Crippen LogP contribution in [0.4, 0.5) is 0 Å². The molecule has 5 heteroatoms. The predicted molar refractivity (Wildman–Crippen MR) is 122 cm³/mol. The molecular weight excluding hydrogens is 386 g/mol. The van der Waals surface area contributed by atoms with E-state index in [9.17, 15) is 9.59 Å². The van der Waals surface area contributed by atoms with Gasteiger partial charge in [-0.05, 0) is 68.2 Å². The Bertz CT molecular complexity index is 943. The smallest absolute Gasteiger partial charge is 0.228 e. The molecule has 31 heavy (non-hydrogen) atoms. The largest absolute Gasteiger partial charge is 0.353 e. The topological polar surface area (TPSA) is 62.3 Å². The Kier molecular flexibility index (Phi) is 6.12. The van der Waals surface area contributed by atoms with Gasteiger partial charge in [0.1, 0.15) is 0 Å². The molecule has 0 radical (unpaired) electrons. The lowest BCUT2D eigenvalue weighted by Crippen LogP contribution is -2.55. The van der Waals surface area contributed by atoms with Crippen LogP contribution in [-0.4, -0.2) is 40.8 Å². The van der Waals surface area contributed by atoms with E-state index in [1.807, 2.05) is 43.1 Å². The maximum Gasteiger partial charge on any atom is 0.228 e. The molecule has 164 valence electrons. The first-order chi connectivity index (χ1) is 14.9. The molecule has 1 saturated heterocycles. The number of nitrogens with one attached hydrogen (secondary N) is 1. The van der Waals surface area contributed by atoms with E-state index in [4.69, 9.17) is 0 Å². The average Bonchev–Trinajstić information content (AvgIpc) is 3.50. The highest BCUT2D eigenvalue weighted by atomic mass is 16.2. The highest BCUT2D eigenvalue weighted by molar-refractivity contribution is 5.86. The fraction of sp³-hybridized carbons (Fsp3) is 0.500. The van der Waals surface area contributed by atoms with Gasteiger partial charge in [-0.3, -0.25) is 14.6 Å². The van der Waals surface area contributed by atoms with Gasteiger partial charge < -0.3 is 10.2 Å². The lowest BCUT2D eigenvalue weighted by molar-refractivity contribution is -0.142. The number of amides is 2. The third-order valence-electron chi connectivity index (χ3n) is 6.68. The quantitative estimate of drug-likeness (QED) is 0.767. The zero-order valence-electron chi connectivity index (χ0n) is 18.8. The Morgan fingerprint density at radius 3 is 2.68 bits per heavy atom. The van der Waals surface area contributed by atoms with Crippen LogP contribution in [-0.2, 0) is 16.0 Å². The molecule has 2 fully saturated rings. The Balaban J connectivity index is 1.61. The number of pyridine rings is 1. The van der Waals surface area contributed by atoms with Crippen molar-refractivity contribution in [3.63, 3.8) is 0 Å². The summed E-state index contributed by atoms with van der Waals surface area (Å²) in [5.74, 6) is 0.927. The lowest BCUT2D eigenvalue weighted by atomic mass is 9.73. The van der Waals surface area contributed by atoms with Crippen molar-refractivity contribution >= 4 is 11.8 Å². The summed E-state index contributed by atoms with van der Waals surface area (Å²) >= 11 is 0. The standard InChI is InChI=1S/C26H33N3O2/c1-18(2)28-25(31)26(10-6-12-29(17-26)24(30)23-13-19(23)3)15-20-7-4-8-21(14-20)22-9-5-11-27-16-22/h4-5,7-9,11,14,16,18-19,23H,6,10,12-13,15,17H2,1-3H3,(H,28,31). The summed E-state index contributed by atoms with van der Waals surface area (Å²) in [5, 5.41) is 3.15. The first-order valence-corrected chi connectivity index (χ1v) is 11.5. The molecule has 2 aliphatic rings. The minimum Gasteiger partial charge on any atom is -0.353 e. The molecule has 5 nitrogen and oxygen atoms in total. The molecule has 0 spiro atoms. The summed E-state index contributed by atoms with van der Waals surface area (Å²) in [6.45, 7) is 7.38. The van der Waals surface area contributed by atoms with E-state index in [2.05, 4.69) is 35.4 Å². The number of hydrogen-bond acceptors (Lipinski definition) is 3. The molecule has 1 saturated carbocycles. The minimum absolute atomic E-state index is 0.0654. The third kappa shape index (κ3) is 4.81. The minimum atomic E-state index is -0.593. The molecule has 4 rings (SSSR count). The summed E-state index contributed by atoms with van der Waals surface area (Å²) in [4.78, 5) is 32.6. The van der Waals surface area contributed by atoms with Crippen molar-refractivity contribution in [2.75, 3.05) is 13.1 Å². The van der Waals surface area contributed by atoms with Crippen LogP contribution in [0.2, 0.25) is 0 Å². The molecule has 1 aromatic carbocycles. The van der Waals surface area contributed by atoms with Crippen LogP contribution in [0.15, 0.2) is 48.8 Å². The number of piperidine rings is 1. The Labute approximate surface area is 185 Å². The van der Waals surface area contributed by atoms with Crippen LogP contribution in [0.3, 0.4) is 0 Å². The molecule has 1 aromatic heterocycles. The summed E-state index contributed by atoms with van der Waals surface area (Å²) in [6, 6.07) is 12.4. The first kappa shape index (κ1) is 21.5. The van der Waals surface area contributed by atoms with Gasteiger partial charge in [0.25, 0.3) is 0 Å². The molecule has 2 amide bonds. The van der Waals surface area contributed by atoms with Crippen molar-refractivity contribution in [2.45, 2.75) is 52.5 Å². The van der Waals surface area contributed by atoms with Crippen LogP contribution >= 0.6 is 0 Å². The summed E-state index contributed by atoms with van der Waals surface area (Å²) in [7, 11) is 0. The first-order valence-electron chi connectivity index (χ1n) is 11.5. The van der Waals surface area contributed by atoms with Crippen LogP contribution in [0.25, 0.3) is 11.1 Å². The molecule has 1 aliphatic carbocycles. The maximum absolute atomic E-state index is 13.4. The van der Waals surface area contributed by atoms with Crippen molar-refractivity contribution in [3.05, 3.63) is 54.4 Å². The number of carbonyl (C=O) groups excluding carboxylic acids is 2. The van der Waals surface area contributed by atoms with E-state index in [1.54, 1.807) is 6.20 Å². The highest BCUT2D eigenvalue weighted by Gasteiger charge is 2.47. The van der Waals surface area contributed by atoms with Crippen molar-refractivity contribution in [1.29, 1.82) is 0 Å². The fourth-order valence-corrected chi connectivity index (χ4v) is 4.83. The number of benzene rings is 1. The van der Waals surface area contributed by atoms with Crippen molar-refractivity contribution in [2.24, 2.45) is 17.3 Å². The molecule has 2 aromatic rings.